The molecule has 1 aromatic heterocycles. The summed E-state index contributed by atoms with van der Waals surface area (Å²) in [6.07, 6.45) is 1.11. The Morgan fingerprint density at radius 3 is 2.95 bits per heavy atom. The van der Waals surface area contributed by atoms with Crippen molar-refractivity contribution < 1.29 is 14.6 Å². The molecular weight excluding hydrogens is 248 g/mol. The highest BCUT2D eigenvalue weighted by atomic mass is 16.5. The van der Waals surface area contributed by atoms with Gasteiger partial charge in [-0.05, 0) is 30.9 Å². The molecule has 2 rings (SSSR count). The van der Waals surface area contributed by atoms with Crippen molar-refractivity contribution in [1.29, 1.82) is 0 Å². The van der Waals surface area contributed by atoms with Crippen LogP contribution in [-0.4, -0.2) is 35.3 Å². The number of aliphatic hydroxyl groups excluding tert-OH is 1. The number of rotatable bonds is 7. The van der Waals surface area contributed by atoms with Crippen LogP contribution in [0.15, 0.2) is 12.1 Å². The van der Waals surface area contributed by atoms with E-state index in [1.54, 1.807) is 12.1 Å². The number of carbonyl (C=O) groups excluding carboxylic acids is 1. The average Bonchev–Trinajstić information content (AvgIpc) is 3.19. The Hall–Kier alpha value is -2.02. The van der Waals surface area contributed by atoms with Crippen molar-refractivity contribution in [2.75, 3.05) is 24.2 Å². The van der Waals surface area contributed by atoms with E-state index in [-0.39, 0.29) is 6.54 Å². The zero-order chi connectivity index (χ0) is 13.8. The standard InChI is InChI=1S/C12H18N4O3/c13-8-3-4-10(15-5-9(17)11(14)18)16-12(8)19-6-7-1-2-7/h3-4,7,9,17H,1-2,5-6,13H2,(H2,14,18)(H,15,16). The van der Waals surface area contributed by atoms with Gasteiger partial charge in [0, 0.05) is 0 Å². The van der Waals surface area contributed by atoms with Gasteiger partial charge in [-0.25, -0.2) is 0 Å². The van der Waals surface area contributed by atoms with Gasteiger partial charge in [0.15, 0.2) is 0 Å². The number of aliphatic hydroxyl groups is 1. The normalized spacial score (nSPS) is 15.8. The van der Waals surface area contributed by atoms with Crippen LogP contribution >= 0.6 is 0 Å². The maximum absolute atomic E-state index is 10.7. The van der Waals surface area contributed by atoms with Crippen LogP contribution in [0.25, 0.3) is 0 Å². The Balaban J connectivity index is 1.92. The first kappa shape index (κ1) is 13.4. The molecule has 1 aromatic rings. The number of nitrogens with zero attached hydrogens (tertiary/aromatic N) is 1. The summed E-state index contributed by atoms with van der Waals surface area (Å²) in [5, 5.41) is 12.1. The van der Waals surface area contributed by atoms with E-state index in [1.807, 2.05) is 0 Å². The molecule has 1 amide bonds. The number of ether oxygens (including phenoxy) is 1. The van der Waals surface area contributed by atoms with Crippen LogP contribution in [0, 0.1) is 5.92 Å². The zero-order valence-corrected chi connectivity index (χ0v) is 10.5. The van der Waals surface area contributed by atoms with E-state index in [0.29, 0.717) is 29.9 Å². The van der Waals surface area contributed by atoms with Crippen LogP contribution < -0.4 is 21.5 Å². The third kappa shape index (κ3) is 3.99. The SMILES string of the molecule is NC(=O)C(O)CNc1ccc(N)c(OCC2CC2)n1. The Kier molecular flexibility index (Phi) is 4.06. The number of hydrogen-bond acceptors (Lipinski definition) is 6. The number of pyridine rings is 1. The lowest BCUT2D eigenvalue weighted by molar-refractivity contribution is -0.125. The molecule has 7 nitrogen and oxygen atoms in total. The molecule has 6 N–H and O–H groups in total. The van der Waals surface area contributed by atoms with E-state index in [1.165, 1.54) is 12.8 Å². The van der Waals surface area contributed by atoms with Gasteiger partial charge in [0.05, 0.1) is 18.8 Å². The van der Waals surface area contributed by atoms with Gasteiger partial charge in [0.1, 0.15) is 11.9 Å². The molecule has 0 bridgehead atoms. The van der Waals surface area contributed by atoms with Gasteiger partial charge in [-0.15, -0.1) is 0 Å². The highest BCUT2D eigenvalue weighted by Gasteiger charge is 2.22. The topological polar surface area (TPSA) is 123 Å². The number of hydrogen-bond donors (Lipinski definition) is 4. The van der Waals surface area contributed by atoms with E-state index in [2.05, 4.69) is 10.3 Å². The first-order valence-electron chi connectivity index (χ1n) is 6.17. The first-order chi connectivity index (χ1) is 9.06. The molecule has 0 radical (unpaired) electrons. The van der Waals surface area contributed by atoms with E-state index >= 15 is 0 Å². The number of carbonyl (C=O) groups is 1. The Bertz CT molecular complexity index is 462. The van der Waals surface area contributed by atoms with E-state index in [4.69, 9.17) is 16.2 Å². The predicted octanol–water partition coefficient (Wildman–Crippen LogP) is -0.289. The summed E-state index contributed by atoms with van der Waals surface area (Å²) in [5.41, 5.74) is 11.2. The fourth-order valence-electron chi connectivity index (χ4n) is 1.45. The molecule has 104 valence electrons. The lowest BCUT2D eigenvalue weighted by Crippen LogP contribution is -2.34. The molecule has 1 heterocycles. The summed E-state index contributed by atoms with van der Waals surface area (Å²) in [7, 11) is 0. The Morgan fingerprint density at radius 2 is 2.32 bits per heavy atom. The van der Waals surface area contributed by atoms with Gasteiger partial charge in [0.25, 0.3) is 0 Å². The molecule has 0 spiro atoms. The van der Waals surface area contributed by atoms with Crippen molar-refractivity contribution in [2.45, 2.75) is 18.9 Å². The maximum Gasteiger partial charge on any atom is 0.248 e. The lowest BCUT2D eigenvalue weighted by Gasteiger charge is -2.12. The van der Waals surface area contributed by atoms with Crippen molar-refractivity contribution in [3.8, 4) is 5.88 Å². The zero-order valence-electron chi connectivity index (χ0n) is 10.5. The number of primary amides is 1. The average molecular weight is 266 g/mol. The lowest BCUT2D eigenvalue weighted by atomic mass is 10.3. The number of nitrogens with one attached hydrogen (secondary N) is 1. The minimum Gasteiger partial charge on any atom is -0.476 e. The quantitative estimate of drug-likeness (QED) is 0.537. The number of anilines is 2. The molecule has 1 saturated carbocycles. The van der Waals surface area contributed by atoms with Gasteiger partial charge in [-0.3, -0.25) is 4.79 Å². The molecule has 1 aliphatic rings. The van der Waals surface area contributed by atoms with Gasteiger partial charge in [0.2, 0.25) is 11.8 Å². The third-order valence-corrected chi connectivity index (χ3v) is 2.85. The van der Waals surface area contributed by atoms with E-state index in [0.717, 1.165) is 0 Å². The van der Waals surface area contributed by atoms with Crippen LogP contribution in [0.2, 0.25) is 0 Å². The first-order valence-corrected chi connectivity index (χ1v) is 6.17. The van der Waals surface area contributed by atoms with Gasteiger partial charge in [-0.2, -0.15) is 4.98 Å². The van der Waals surface area contributed by atoms with Crippen LogP contribution in [0.3, 0.4) is 0 Å². The Morgan fingerprint density at radius 1 is 1.58 bits per heavy atom. The van der Waals surface area contributed by atoms with Crippen molar-refractivity contribution in [3.63, 3.8) is 0 Å². The van der Waals surface area contributed by atoms with E-state index in [9.17, 15) is 9.90 Å². The fraction of sp³-hybridized carbons (Fsp3) is 0.500. The van der Waals surface area contributed by atoms with Crippen LogP contribution in [0.4, 0.5) is 11.5 Å². The molecule has 1 fully saturated rings. The van der Waals surface area contributed by atoms with Gasteiger partial charge >= 0.3 is 0 Å². The van der Waals surface area contributed by atoms with Gasteiger partial charge in [-0.1, -0.05) is 0 Å². The molecule has 0 aromatic carbocycles. The second-order valence-corrected chi connectivity index (χ2v) is 4.64. The fourth-order valence-corrected chi connectivity index (χ4v) is 1.45. The molecule has 19 heavy (non-hydrogen) atoms. The van der Waals surface area contributed by atoms with Crippen LogP contribution in [0.5, 0.6) is 5.88 Å². The Labute approximate surface area is 110 Å². The monoisotopic (exact) mass is 266 g/mol. The highest BCUT2D eigenvalue weighted by Crippen LogP contribution is 2.30. The largest absolute Gasteiger partial charge is 0.476 e. The molecule has 1 atom stereocenters. The second kappa shape index (κ2) is 5.75. The molecule has 1 aliphatic carbocycles. The summed E-state index contributed by atoms with van der Waals surface area (Å²) in [5.74, 6) is 0.661. The van der Waals surface area contributed by atoms with Crippen molar-refractivity contribution in [3.05, 3.63) is 12.1 Å². The molecule has 0 aliphatic heterocycles. The number of nitrogens with two attached hydrogens (primary N) is 2. The minimum atomic E-state index is -1.25. The van der Waals surface area contributed by atoms with Crippen LogP contribution in [0.1, 0.15) is 12.8 Å². The van der Waals surface area contributed by atoms with Crippen molar-refractivity contribution in [1.82, 2.24) is 4.98 Å². The highest BCUT2D eigenvalue weighted by molar-refractivity contribution is 5.79. The predicted molar refractivity (Wildman–Crippen MR) is 70.6 cm³/mol. The second-order valence-electron chi connectivity index (χ2n) is 4.64. The molecular formula is C12H18N4O3. The minimum absolute atomic E-state index is 0.00564. The van der Waals surface area contributed by atoms with Crippen molar-refractivity contribution in [2.24, 2.45) is 11.7 Å². The van der Waals surface area contributed by atoms with Crippen molar-refractivity contribution >= 4 is 17.4 Å². The number of aromatic nitrogens is 1. The van der Waals surface area contributed by atoms with E-state index < -0.39 is 12.0 Å². The maximum atomic E-state index is 10.7. The third-order valence-electron chi connectivity index (χ3n) is 2.85. The molecule has 1 unspecified atom stereocenters. The summed E-state index contributed by atoms with van der Waals surface area (Å²) < 4.78 is 5.53. The summed E-state index contributed by atoms with van der Waals surface area (Å²) in [4.78, 5) is 14.9. The molecule has 0 saturated heterocycles. The summed E-state index contributed by atoms with van der Waals surface area (Å²) >= 11 is 0. The van der Waals surface area contributed by atoms with Crippen LogP contribution in [-0.2, 0) is 4.79 Å². The molecule has 7 heteroatoms. The van der Waals surface area contributed by atoms with Gasteiger partial charge < -0.3 is 26.6 Å². The summed E-state index contributed by atoms with van der Waals surface area (Å²) in [6, 6.07) is 3.31. The smallest absolute Gasteiger partial charge is 0.248 e. The summed E-state index contributed by atoms with van der Waals surface area (Å²) in [6.45, 7) is 0.610. The number of nitrogen functional groups attached to an aromatic ring is 1. The number of amides is 1.